The van der Waals surface area contributed by atoms with Gasteiger partial charge in [0.25, 0.3) is 0 Å². The van der Waals surface area contributed by atoms with E-state index in [-0.39, 0.29) is 0 Å². The molecule has 2 rings (SSSR count). The van der Waals surface area contributed by atoms with Crippen LogP contribution < -0.4 is 15.8 Å². The Morgan fingerprint density at radius 1 is 1.29 bits per heavy atom. The van der Waals surface area contributed by atoms with Crippen LogP contribution >= 0.6 is 0 Å². The number of nitrogens with two attached hydrogens (primary N) is 1. The van der Waals surface area contributed by atoms with Crippen molar-refractivity contribution in [1.29, 1.82) is 0 Å². The zero-order valence-corrected chi connectivity index (χ0v) is 12.6. The lowest BCUT2D eigenvalue weighted by Crippen LogP contribution is -2.33. The molecule has 0 aromatic heterocycles. The highest BCUT2D eigenvalue weighted by molar-refractivity contribution is 5.75. The van der Waals surface area contributed by atoms with Crippen molar-refractivity contribution in [1.82, 2.24) is 5.32 Å². The quantitative estimate of drug-likeness (QED) is 0.780. The standard InChI is InChI=1S/C11H15NO3.C4H9NO/c1-14-9-5-3-8(4-6-9)7-10(12)11(13)15-2;1-3-6-4-2-5-1/h3-6,10H,7,12H2,1-2H3;5H,1-4H2/t10-;/m0./s1. The van der Waals surface area contributed by atoms with E-state index < -0.39 is 12.0 Å². The summed E-state index contributed by atoms with van der Waals surface area (Å²) < 4.78 is 14.6. The number of methoxy groups -OCH3 is 2. The topological polar surface area (TPSA) is 82.8 Å². The summed E-state index contributed by atoms with van der Waals surface area (Å²) in [4.78, 5) is 11.1. The normalized spacial score (nSPS) is 15.4. The molecule has 1 heterocycles. The Kier molecular flexibility index (Phi) is 8.42. The maximum absolute atomic E-state index is 11.1. The predicted octanol–water partition coefficient (Wildman–Crippen LogP) is 0.344. The Bertz CT molecular complexity index is 393. The van der Waals surface area contributed by atoms with Gasteiger partial charge < -0.3 is 25.3 Å². The molecule has 0 radical (unpaired) electrons. The number of ether oxygens (including phenoxy) is 3. The summed E-state index contributed by atoms with van der Waals surface area (Å²) in [6.07, 6.45) is 0.469. The van der Waals surface area contributed by atoms with Gasteiger partial charge in [0.15, 0.2) is 0 Å². The van der Waals surface area contributed by atoms with Gasteiger partial charge in [0, 0.05) is 13.1 Å². The van der Waals surface area contributed by atoms with Crippen LogP contribution in [0.25, 0.3) is 0 Å². The van der Waals surface area contributed by atoms with Crippen molar-refractivity contribution < 1.29 is 19.0 Å². The maximum atomic E-state index is 11.1. The van der Waals surface area contributed by atoms with E-state index in [1.54, 1.807) is 7.11 Å². The molecule has 0 saturated carbocycles. The fourth-order valence-corrected chi connectivity index (χ4v) is 1.77. The van der Waals surface area contributed by atoms with E-state index in [1.165, 1.54) is 7.11 Å². The molecule has 0 amide bonds. The van der Waals surface area contributed by atoms with Crippen LogP contribution in [-0.2, 0) is 20.7 Å². The number of esters is 1. The lowest BCUT2D eigenvalue weighted by Gasteiger charge is -2.10. The lowest BCUT2D eigenvalue weighted by molar-refractivity contribution is -0.142. The number of carbonyl (C=O) groups excluding carboxylic acids is 1. The largest absolute Gasteiger partial charge is 0.497 e. The van der Waals surface area contributed by atoms with Gasteiger partial charge in [0.1, 0.15) is 11.8 Å². The first kappa shape index (κ1) is 17.4. The van der Waals surface area contributed by atoms with Crippen LogP contribution in [0.2, 0.25) is 0 Å². The number of benzene rings is 1. The minimum atomic E-state index is -0.608. The van der Waals surface area contributed by atoms with E-state index in [0.29, 0.717) is 6.42 Å². The van der Waals surface area contributed by atoms with Crippen LogP contribution in [0.4, 0.5) is 0 Å². The van der Waals surface area contributed by atoms with E-state index >= 15 is 0 Å². The van der Waals surface area contributed by atoms with E-state index in [9.17, 15) is 4.79 Å². The van der Waals surface area contributed by atoms with Gasteiger partial charge in [-0.05, 0) is 24.1 Å². The number of nitrogens with one attached hydrogen (secondary N) is 1. The van der Waals surface area contributed by atoms with Gasteiger partial charge in [-0.3, -0.25) is 4.79 Å². The first-order valence-corrected chi connectivity index (χ1v) is 6.92. The van der Waals surface area contributed by atoms with Crippen LogP contribution in [0.1, 0.15) is 5.56 Å². The fourth-order valence-electron chi connectivity index (χ4n) is 1.77. The second-order valence-electron chi connectivity index (χ2n) is 4.54. The van der Waals surface area contributed by atoms with E-state index in [0.717, 1.165) is 37.6 Å². The van der Waals surface area contributed by atoms with Gasteiger partial charge in [-0.25, -0.2) is 0 Å². The summed E-state index contributed by atoms with van der Waals surface area (Å²) in [6.45, 7) is 3.83. The van der Waals surface area contributed by atoms with Crippen LogP contribution in [-0.4, -0.2) is 52.5 Å². The smallest absolute Gasteiger partial charge is 0.322 e. The van der Waals surface area contributed by atoms with Gasteiger partial charge in [0.05, 0.1) is 27.4 Å². The number of hydrogen-bond donors (Lipinski definition) is 2. The molecular formula is C15H24N2O4. The molecule has 0 bridgehead atoms. The summed E-state index contributed by atoms with van der Waals surface area (Å²) in [5.41, 5.74) is 6.60. The molecule has 1 aliphatic heterocycles. The van der Waals surface area contributed by atoms with Crippen LogP contribution in [0, 0.1) is 0 Å². The number of carbonyl (C=O) groups is 1. The third-order valence-electron chi connectivity index (χ3n) is 2.96. The molecule has 0 unspecified atom stereocenters. The molecule has 6 heteroatoms. The highest BCUT2D eigenvalue weighted by Gasteiger charge is 2.13. The van der Waals surface area contributed by atoms with Gasteiger partial charge in [-0.15, -0.1) is 0 Å². The Balaban J connectivity index is 0.000000304. The molecule has 1 saturated heterocycles. The van der Waals surface area contributed by atoms with Crippen molar-refractivity contribution >= 4 is 5.97 Å². The second kappa shape index (κ2) is 10.1. The minimum Gasteiger partial charge on any atom is -0.497 e. The SMILES string of the molecule is C1COCCN1.COC(=O)[C@@H](N)Cc1ccc(OC)cc1. The fraction of sp³-hybridized carbons (Fsp3) is 0.533. The highest BCUT2D eigenvalue weighted by Crippen LogP contribution is 2.12. The molecule has 1 aromatic rings. The van der Waals surface area contributed by atoms with Crippen molar-refractivity contribution in [2.45, 2.75) is 12.5 Å². The Morgan fingerprint density at radius 2 is 1.90 bits per heavy atom. The Morgan fingerprint density at radius 3 is 2.29 bits per heavy atom. The average Bonchev–Trinajstić information content (AvgIpc) is 2.57. The molecule has 0 spiro atoms. The summed E-state index contributed by atoms with van der Waals surface area (Å²) in [5, 5.41) is 3.16. The lowest BCUT2D eigenvalue weighted by atomic mass is 10.1. The molecule has 1 aliphatic rings. The van der Waals surface area contributed by atoms with Crippen molar-refractivity contribution in [3.8, 4) is 5.75 Å². The molecular weight excluding hydrogens is 272 g/mol. The van der Waals surface area contributed by atoms with Crippen LogP contribution in [0.15, 0.2) is 24.3 Å². The van der Waals surface area contributed by atoms with Gasteiger partial charge in [-0.2, -0.15) is 0 Å². The average molecular weight is 296 g/mol. The van der Waals surface area contributed by atoms with E-state index in [4.69, 9.17) is 15.2 Å². The maximum Gasteiger partial charge on any atom is 0.322 e. The molecule has 6 nitrogen and oxygen atoms in total. The monoisotopic (exact) mass is 296 g/mol. The van der Waals surface area contributed by atoms with Gasteiger partial charge in [0.2, 0.25) is 0 Å². The molecule has 3 N–H and O–H groups in total. The number of rotatable bonds is 4. The third-order valence-corrected chi connectivity index (χ3v) is 2.96. The molecule has 1 atom stereocenters. The first-order chi connectivity index (χ1) is 10.2. The molecule has 1 aromatic carbocycles. The van der Waals surface area contributed by atoms with Gasteiger partial charge >= 0.3 is 5.97 Å². The minimum absolute atomic E-state index is 0.397. The van der Waals surface area contributed by atoms with Crippen molar-refractivity contribution in [2.75, 3.05) is 40.5 Å². The second-order valence-corrected chi connectivity index (χ2v) is 4.54. The summed E-state index contributed by atoms with van der Waals surface area (Å²) in [5.74, 6) is 0.385. The summed E-state index contributed by atoms with van der Waals surface area (Å²) in [7, 11) is 2.94. The number of hydrogen-bond acceptors (Lipinski definition) is 6. The first-order valence-electron chi connectivity index (χ1n) is 6.92. The molecule has 118 valence electrons. The zero-order chi connectivity index (χ0) is 15.5. The van der Waals surface area contributed by atoms with Crippen molar-refractivity contribution in [3.05, 3.63) is 29.8 Å². The van der Waals surface area contributed by atoms with E-state index in [2.05, 4.69) is 10.1 Å². The number of morpholine rings is 1. The van der Waals surface area contributed by atoms with E-state index in [1.807, 2.05) is 24.3 Å². The summed E-state index contributed by atoms with van der Waals surface area (Å²) >= 11 is 0. The van der Waals surface area contributed by atoms with Crippen LogP contribution in [0.3, 0.4) is 0 Å². The van der Waals surface area contributed by atoms with Crippen LogP contribution in [0.5, 0.6) is 5.75 Å². The third kappa shape index (κ3) is 7.08. The Hall–Kier alpha value is -1.63. The molecule has 21 heavy (non-hydrogen) atoms. The van der Waals surface area contributed by atoms with Crippen molar-refractivity contribution in [2.24, 2.45) is 5.73 Å². The molecule has 0 aliphatic carbocycles. The molecule has 1 fully saturated rings. The van der Waals surface area contributed by atoms with Crippen molar-refractivity contribution in [3.63, 3.8) is 0 Å². The van der Waals surface area contributed by atoms with Gasteiger partial charge in [-0.1, -0.05) is 12.1 Å². The highest BCUT2D eigenvalue weighted by atomic mass is 16.5. The zero-order valence-electron chi connectivity index (χ0n) is 12.6. The predicted molar refractivity (Wildman–Crippen MR) is 80.4 cm³/mol. The summed E-state index contributed by atoms with van der Waals surface area (Å²) in [6, 6.07) is 6.81. The Labute approximate surface area is 125 Å².